The van der Waals surface area contributed by atoms with Crippen LogP contribution in [0.1, 0.15) is 18.9 Å². The second kappa shape index (κ2) is 8.70. The zero-order valence-corrected chi connectivity index (χ0v) is 19.9. The van der Waals surface area contributed by atoms with Gasteiger partial charge in [0.1, 0.15) is 24.2 Å². The minimum Gasteiger partial charge on any atom is -0.479 e. The molecule has 0 spiro atoms. The van der Waals surface area contributed by atoms with E-state index in [-0.39, 0.29) is 35.3 Å². The zero-order chi connectivity index (χ0) is 26.6. The number of aliphatic hydroxyl groups is 1. The van der Waals surface area contributed by atoms with E-state index < -0.39 is 34.4 Å². The first-order valence-electron chi connectivity index (χ1n) is 10.9. The number of aromatic nitrogens is 4. The van der Waals surface area contributed by atoms with Gasteiger partial charge in [-0.2, -0.15) is 17.6 Å². The van der Waals surface area contributed by atoms with E-state index in [1.165, 1.54) is 31.7 Å². The average molecular weight is 534 g/mol. The molecule has 1 saturated carbocycles. The summed E-state index contributed by atoms with van der Waals surface area (Å²) in [7, 11) is 0. The van der Waals surface area contributed by atoms with Crippen LogP contribution in [0.5, 0.6) is 5.75 Å². The predicted octanol–water partition coefficient (Wildman–Crippen LogP) is 3.27. The number of aliphatic imine (C=N–C) groups is 1. The predicted molar refractivity (Wildman–Crippen MR) is 129 cm³/mol. The van der Waals surface area contributed by atoms with E-state index in [1.54, 1.807) is 6.07 Å². The smallest absolute Gasteiger partial charge is 0.415 e. The first-order valence-corrected chi connectivity index (χ1v) is 11.7. The van der Waals surface area contributed by atoms with Gasteiger partial charge in [0.05, 0.1) is 33.9 Å². The van der Waals surface area contributed by atoms with Gasteiger partial charge in [0.2, 0.25) is 5.95 Å². The summed E-state index contributed by atoms with van der Waals surface area (Å²) in [5, 5.41) is 12.9. The fourth-order valence-electron chi connectivity index (χ4n) is 4.68. The second-order valence-electron chi connectivity index (χ2n) is 8.80. The molecule has 1 fully saturated rings. The van der Waals surface area contributed by atoms with Crippen molar-refractivity contribution in [3.8, 4) is 18.1 Å². The van der Waals surface area contributed by atoms with E-state index in [9.17, 15) is 18.3 Å². The van der Waals surface area contributed by atoms with E-state index in [0.29, 0.717) is 28.5 Å². The molecule has 0 amide bonds. The third-order valence-electron chi connectivity index (χ3n) is 6.46. The van der Waals surface area contributed by atoms with E-state index in [4.69, 9.17) is 16.9 Å². The number of nitrogens with one attached hydrogen (secondary N) is 1. The van der Waals surface area contributed by atoms with Gasteiger partial charge < -0.3 is 20.9 Å². The molecule has 0 aromatic carbocycles. The quantitative estimate of drug-likeness (QED) is 0.248. The van der Waals surface area contributed by atoms with Crippen LogP contribution in [0.25, 0.3) is 11.0 Å². The van der Waals surface area contributed by atoms with Gasteiger partial charge in [-0.05, 0) is 19.4 Å². The molecular formula is C23H19F4N7O2S. The van der Waals surface area contributed by atoms with Crippen molar-refractivity contribution in [1.29, 1.82) is 0 Å². The molecule has 3 aromatic rings. The Bertz CT molecular complexity index is 1460. The van der Waals surface area contributed by atoms with Crippen LogP contribution in [0.4, 0.5) is 29.1 Å². The number of hydrogen-bond donors (Lipinski definition) is 3. The molecule has 14 heteroatoms. The van der Waals surface area contributed by atoms with Gasteiger partial charge in [-0.15, -0.1) is 6.42 Å². The number of hydrogen-bond acceptors (Lipinski definition) is 10. The third-order valence-corrected chi connectivity index (χ3v) is 7.82. The number of nitrogens with zero attached hydrogens (tertiary/aromatic N) is 5. The second-order valence-corrected chi connectivity index (χ2v) is 10.2. The molecule has 192 valence electrons. The maximum atomic E-state index is 15.0. The number of pyridine rings is 2. The molecule has 3 aromatic heterocycles. The highest BCUT2D eigenvalue weighted by Gasteiger charge is 2.74. The maximum Gasteiger partial charge on any atom is 0.415 e. The molecule has 0 saturated heterocycles. The van der Waals surface area contributed by atoms with Crippen LogP contribution < -0.4 is 15.8 Å². The van der Waals surface area contributed by atoms with Crippen LogP contribution >= 0.6 is 11.8 Å². The van der Waals surface area contributed by atoms with Crippen molar-refractivity contribution in [3.63, 3.8) is 0 Å². The summed E-state index contributed by atoms with van der Waals surface area (Å²) in [4.78, 5) is 20.8. The average Bonchev–Trinajstić information content (AvgIpc) is 3.59. The Morgan fingerprint density at radius 1 is 1.30 bits per heavy atom. The lowest BCUT2D eigenvalue weighted by Crippen LogP contribution is -2.47. The normalized spacial score (nSPS) is 25.5. The molecule has 1 aliphatic carbocycles. The summed E-state index contributed by atoms with van der Waals surface area (Å²) in [6.07, 6.45) is 1.57. The summed E-state index contributed by atoms with van der Waals surface area (Å²) in [6, 6.07) is 3.01. The minimum absolute atomic E-state index is 0.0549. The Labute approximate surface area is 212 Å². The number of rotatable bonds is 6. The van der Waals surface area contributed by atoms with Crippen molar-refractivity contribution in [1.82, 2.24) is 19.9 Å². The van der Waals surface area contributed by atoms with Gasteiger partial charge in [0.25, 0.3) is 0 Å². The first-order chi connectivity index (χ1) is 17.5. The van der Waals surface area contributed by atoms with Gasteiger partial charge >= 0.3 is 6.18 Å². The molecule has 4 N–H and O–H groups in total. The van der Waals surface area contributed by atoms with Crippen molar-refractivity contribution in [2.24, 2.45) is 16.6 Å². The molecule has 0 unspecified atom stereocenters. The van der Waals surface area contributed by atoms with Crippen molar-refractivity contribution in [2.45, 2.75) is 35.9 Å². The van der Waals surface area contributed by atoms with Crippen LogP contribution in [-0.2, 0) is 5.54 Å². The Morgan fingerprint density at radius 2 is 2.08 bits per heavy atom. The van der Waals surface area contributed by atoms with E-state index in [1.807, 2.05) is 0 Å². The number of aliphatic hydroxyl groups excluding tert-OH is 1. The number of ether oxygens (including phenoxy) is 1. The molecular weight excluding hydrogens is 514 g/mol. The molecule has 0 radical (unpaired) electrons. The number of fused-ring (bicyclic) bond motifs is 2. The Kier molecular flexibility index (Phi) is 5.87. The molecule has 4 heterocycles. The highest BCUT2D eigenvalue weighted by atomic mass is 32.2. The minimum atomic E-state index is -4.87. The lowest BCUT2D eigenvalue weighted by atomic mass is 9.86. The van der Waals surface area contributed by atoms with Crippen molar-refractivity contribution < 1.29 is 27.4 Å². The number of nitrogens with two attached hydrogens (primary N) is 1. The highest BCUT2D eigenvalue weighted by Crippen LogP contribution is 2.68. The summed E-state index contributed by atoms with van der Waals surface area (Å²) in [5.41, 5.74) is 5.41. The maximum absolute atomic E-state index is 15.0. The van der Waals surface area contributed by atoms with E-state index in [2.05, 4.69) is 36.2 Å². The Morgan fingerprint density at radius 3 is 2.81 bits per heavy atom. The van der Waals surface area contributed by atoms with Gasteiger partial charge in [-0.3, -0.25) is 4.99 Å². The fourth-order valence-corrected chi connectivity index (χ4v) is 6.18. The molecule has 9 nitrogen and oxygen atoms in total. The van der Waals surface area contributed by atoms with Gasteiger partial charge in [-0.25, -0.2) is 19.9 Å². The number of halogens is 4. The molecule has 2 aliphatic rings. The SMILES string of the molecule is C#CCOc1cnc2c(Nc3cnc(F)c([C@@]4(C)N=C(N)S[C@@]5([C@@H](O)C(F)(F)F)C[C@H]54)c3)ncnc2c1. The summed E-state index contributed by atoms with van der Waals surface area (Å²) < 4.78 is 58.9. The van der Waals surface area contributed by atoms with Gasteiger partial charge in [-0.1, -0.05) is 17.7 Å². The fraction of sp³-hybridized carbons (Fsp3) is 0.348. The lowest BCUT2D eigenvalue weighted by molar-refractivity contribution is -0.207. The van der Waals surface area contributed by atoms with E-state index in [0.717, 1.165) is 0 Å². The van der Waals surface area contributed by atoms with E-state index >= 15 is 4.39 Å². The van der Waals surface area contributed by atoms with Crippen molar-refractivity contribution in [3.05, 3.63) is 42.4 Å². The molecule has 37 heavy (non-hydrogen) atoms. The van der Waals surface area contributed by atoms with Crippen LogP contribution in [0.15, 0.2) is 35.8 Å². The monoisotopic (exact) mass is 533 g/mol. The van der Waals surface area contributed by atoms with Crippen molar-refractivity contribution in [2.75, 3.05) is 11.9 Å². The standard InChI is InChI=1S/C23H19F4N7O2S/c1-3-4-36-12-6-14-16(29-9-12)18(32-10-31-14)33-11-5-13(17(24)30-8-11)21(2)15-7-22(15,37-20(28)34-21)19(35)23(25,26)27/h1,5-6,8-10,15,19,35H,4,7H2,2H3,(H2,28,34)(H,31,32,33)/t15-,19+,21+,22-/m0/s1. The molecule has 4 atom stereocenters. The highest BCUT2D eigenvalue weighted by molar-refractivity contribution is 8.15. The summed E-state index contributed by atoms with van der Waals surface area (Å²) >= 11 is 0.668. The summed E-state index contributed by atoms with van der Waals surface area (Å²) in [6.45, 7) is 1.54. The Balaban J connectivity index is 1.49. The number of anilines is 2. The van der Waals surface area contributed by atoms with Crippen LogP contribution in [0.3, 0.4) is 0 Å². The topological polar surface area (TPSA) is 131 Å². The summed E-state index contributed by atoms with van der Waals surface area (Å²) in [5.74, 6) is 1.29. The Hall–Kier alpha value is -3.70. The lowest BCUT2D eigenvalue weighted by Gasteiger charge is -2.36. The van der Waals surface area contributed by atoms with Crippen LogP contribution in [-0.4, -0.2) is 53.8 Å². The third kappa shape index (κ3) is 4.27. The molecule has 0 bridgehead atoms. The zero-order valence-electron chi connectivity index (χ0n) is 19.1. The number of amidine groups is 1. The van der Waals surface area contributed by atoms with Gasteiger partial charge in [0, 0.05) is 17.5 Å². The first kappa shape index (κ1) is 25.0. The largest absolute Gasteiger partial charge is 0.479 e. The van der Waals surface area contributed by atoms with Crippen LogP contribution in [0.2, 0.25) is 0 Å². The molecule has 5 rings (SSSR count). The van der Waals surface area contributed by atoms with Crippen LogP contribution in [0, 0.1) is 24.2 Å². The molecule has 1 aliphatic heterocycles. The van der Waals surface area contributed by atoms with Gasteiger partial charge in [0.15, 0.2) is 17.1 Å². The number of thioether (sulfide) groups is 1. The number of alkyl halides is 3. The van der Waals surface area contributed by atoms with Crippen molar-refractivity contribution >= 4 is 39.5 Å². The number of terminal acetylenes is 1.